The monoisotopic (exact) mass is 209 g/mol. The van der Waals surface area contributed by atoms with Gasteiger partial charge >= 0.3 is 5.97 Å². The molecule has 4 nitrogen and oxygen atoms in total. The van der Waals surface area contributed by atoms with Gasteiger partial charge in [-0.3, -0.25) is 4.79 Å². The van der Waals surface area contributed by atoms with E-state index in [9.17, 15) is 9.59 Å². The molecule has 1 fully saturated rings. The van der Waals surface area contributed by atoms with Crippen LogP contribution in [0.15, 0.2) is 11.6 Å². The van der Waals surface area contributed by atoms with Gasteiger partial charge in [-0.15, -0.1) is 0 Å². The van der Waals surface area contributed by atoms with Gasteiger partial charge in [0.05, 0.1) is 0 Å². The average Bonchev–Trinajstić information content (AvgIpc) is 2.13. The van der Waals surface area contributed by atoms with Gasteiger partial charge in [-0.25, -0.2) is 4.79 Å². The first-order valence-corrected chi connectivity index (χ1v) is 5.23. The van der Waals surface area contributed by atoms with Crippen LogP contribution in [0.4, 0.5) is 0 Å². The highest BCUT2D eigenvalue weighted by molar-refractivity contribution is 5.88. The van der Waals surface area contributed by atoms with Crippen molar-refractivity contribution in [3.05, 3.63) is 11.6 Å². The molecule has 0 atom stereocenters. The summed E-state index contributed by atoms with van der Waals surface area (Å²) in [5, 5.41) is 8.75. The number of piperidine rings is 1. The van der Waals surface area contributed by atoms with Gasteiger partial charge in [0.15, 0.2) is 0 Å². The number of amides is 1. The number of hydrogen-bond donors (Lipinski definition) is 1. The number of carboxylic acids is 1. The predicted octanol–water partition coefficient (Wildman–Crippen LogP) is 1.03. The molecule has 4 heteroatoms. The zero-order valence-corrected chi connectivity index (χ0v) is 8.82. The molecular formula is C11H15NO3. The molecule has 1 aliphatic heterocycles. The van der Waals surface area contributed by atoms with Gasteiger partial charge in [0, 0.05) is 25.6 Å². The van der Waals surface area contributed by atoms with E-state index in [1.165, 1.54) is 0 Å². The fourth-order valence-electron chi connectivity index (χ4n) is 2.45. The maximum Gasteiger partial charge on any atom is 0.331 e. The number of carbonyl (C=O) groups excluding carboxylic acids is 1. The molecule has 15 heavy (non-hydrogen) atoms. The minimum atomic E-state index is -0.797. The Hall–Kier alpha value is -1.32. The lowest BCUT2D eigenvalue weighted by molar-refractivity contribution is -0.135. The second kappa shape index (κ2) is 3.36. The minimum absolute atomic E-state index is 0.0830. The molecule has 1 aliphatic carbocycles. The van der Waals surface area contributed by atoms with Crippen molar-refractivity contribution < 1.29 is 14.7 Å². The molecule has 0 aromatic carbocycles. The van der Waals surface area contributed by atoms with Crippen LogP contribution in [0.3, 0.4) is 0 Å². The number of likely N-dealkylation sites (tertiary alicyclic amines) is 1. The summed E-state index contributed by atoms with van der Waals surface area (Å²) in [4.78, 5) is 23.6. The lowest BCUT2D eigenvalue weighted by Gasteiger charge is -2.44. The van der Waals surface area contributed by atoms with Crippen molar-refractivity contribution in [2.75, 3.05) is 13.1 Å². The van der Waals surface area contributed by atoms with Crippen LogP contribution in [-0.2, 0) is 9.59 Å². The first-order valence-electron chi connectivity index (χ1n) is 5.23. The SMILES string of the molecule is CC(=O)N1CCC2(C=C(C(=O)O)C2)CC1. The van der Waals surface area contributed by atoms with E-state index in [-0.39, 0.29) is 11.3 Å². The molecule has 2 rings (SSSR count). The number of allylic oxidation sites excluding steroid dienone is 1. The summed E-state index contributed by atoms with van der Waals surface area (Å²) >= 11 is 0. The highest BCUT2D eigenvalue weighted by Gasteiger charge is 2.41. The maximum absolute atomic E-state index is 11.1. The Morgan fingerprint density at radius 3 is 2.33 bits per heavy atom. The minimum Gasteiger partial charge on any atom is -0.478 e. The summed E-state index contributed by atoms with van der Waals surface area (Å²) in [5.41, 5.74) is 0.617. The van der Waals surface area contributed by atoms with E-state index in [0.29, 0.717) is 12.0 Å². The topological polar surface area (TPSA) is 57.6 Å². The van der Waals surface area contributed by atoms with Crippen LogP contribution in [-0.4, -0.2) is 35.0 Å². The lowest BCUT2D eigenvalue weighted by atomic mass is 9.65. The highest BCUT2D eigenvalue weighted by Crippen LogP contribution is 2.47. The lowest BCUT2D eigenvalue weighted by Crippen LogP contribution is -2.44. The zero-order valence-electron chi connectivity index (χ0n) is 8.82. The quantitative estimate of drug-likeness (QED) is 0.701. The largest absolute Gasteiger partial charge is 0.478 e. The number of rotatable bonds is 1. The van der Waals surface area contributed by atoms with E-state index in [1.807, 2.05) is 11.0 Å². The molecule has 0 aromatic rings. The predicted molar refractivity (Wildman–Crippen MR) is 54.3 cm³/mol. The average molecular weight is 209 g/mol. The number of carbonyl (C=O) groups is 2. The third-order valence-corrected chi connectivity index (χ3v) is 3.50. The molecular weight excluding hydrogens is 194 g/mol. The molecule has 0 bridgehead atoms. The molecule has 1 spiro atoms. The number of hydrogen-bond acceptors (Lipinski definition) is 2. The Kier molecular flexibility index (Phi) is 2.29. The zero-order chi connectivity index (χ0) is 11.1. The Morgan fingerprint density at radius 1 is 1.40 bits per heavy atom. The molecule has 1 heterocycles. The van der Waals surface area contributed by atoms with E-state index in [0.717, 1.165) is 25.9 Å². The Balaban J connectivity index is 1.96. The van der Waals surface area contributed by atoms with Crippen LogP contribution in [0.2, 0.25) is 0 Å². The molecule has 0 saturated carbocycles. The third-order valence-electron chi connectivity index (χ3n) is 3.50. The van der Waals surface area contributed by atoms with Gasteiger partial charge in [-0.05, 0) is 24.7 Å². The van der Waals surface area contributed by atoms with Gasteiger partial charge in [0.25, 0.3) is 0 Å². The van der Waals surface area contributed by atoms with Crippen molar-refractivity contribution in [3.63, 3.8) is 0 Å². The number of aliphatic carboxylic acids is 1. The van der Waals surface area contributed by atoms with E-state index in [2.05, 4.69) is 0 Å². The molecule has 0 unspecified atom stereocenters. The van der Waals surface area contributed by atoms with Gasteiger partial charge in [0.2, 0.25) is 5.91 Å². The number of carboxylic acid groups (broad SMARTS) is 1. The van der Waals surface area contributed by atoms with Crippen molar-refractivity contribution in [2.45, 2.75) is 26.2 Å². The van der Waals surface area contributed by atoms with Crippen LogP contribution in [0.1, 0.15) is 26.2 Å². The van der Waals surface area contributed by atoms with Crippen molar-refractivity contribution in [2.24, 2.45) is 5.41 Å². The molecule has 1 amide bonds. The van der Waals surface area contributed by atoms with Crippen molar-refractivity contribution >= 4 is 11.9 Å². The Morgan fingerprint density at radius 2 is 1.93 bits per heavy atom. The van der Waals surface area contributed by atoms with Crippen LogP contribution >= 0.6 is 0 Å². The molecule has 2 aliphatic rings. The molecule has 1 N–H and O–H groups in total. The Bertz CT molecular complexity index is 338. The molecule has 1 saturated heterocycles. The van der Waals surface area contributed by atoms with Crippen molar-refractivity contribution in [3.8, 4) is 0 Å². The third kappa shape index (κ3) is 1.76. The second-order valence-electron chi connectivity index (χ2n) is 4.52. The van der Waals surface area contributed by atoms with Crippen LogP contribution in [0.5, 0.6) is 0 Å². The summed E-state index contributed by atoms with van der Waals surface area (Å²) in [6, 6.07) is 0. The summed E-state index contributed by atoms with van der Waals surface area (Å²) in [6.07, 6.45) is 4.37. The fraction of sp³-hybridized carbons (Fsp3) is 0.636. The first-order chi connectivity index (χ1) is 7.02. The van der Waals surface area contributed by atoms with E-state index in [4.69, 9.17) is 5.11 Å². The maximum atomic E-state index is 11.1. The first kappa shape index (κ1) is 10.2. The van der Waals surface area contributed by atoms with Gasteiger partial charge in [-0.2, -0.15) is 0 Å². The van der Waals surface area contributed by atoms with Crippen LogP contribution in [0, 0.1) is 5.41 Å². The van der Waals surface area contributed by atoms with E-state index in [1.54, 1.807) is 6.92 Å². The van der Waals surface area contributed by atoms with Crippen molar-refractivity contribution in [1.29, 1.82) is 0 Å². The summed E-state index contributed by atoms with van der Waals surface area (Å²) in [6.45, 7) is 3.11. The fourth-order valence-corrected chi connectivity index (χ4v) is 2.45. The summed E-state index contributed by atoms with van der Waals surface area (Å²) in [5.74, 6) is -0.679. The highest BCUT2D eigenvalue weighted by atomic mass is 16.4. The normalized spacial score (nSPS) is 23.3. The molecule has 0 aromatic heterocycles. The van der Waals surface area contributed by atoms with Crippen LogP contribution < -0.4 is 0 Å². The van der Waals surface area contributed by atoms with E-state index < -0.39 is 5.97 Å². The molecule has 0 radical (unpaired) electrons. The van der Waals surface area contributed by atoms with Crippen molar-refractivity contribution in [1.82, 2.24) is 4.90 Å². The smallest absolute Gasteiger partial charge is 0.331 e. The summed E-state index contributed by atoms with van der Waals surface area (Å²) in [7, 11) is 0. The van der Waals surface area contributed by atoms with Crippen LogP contribution in [0.25, 0.3) is 0 Å². The van der Waals surface area contributed by atoms with Gasteiger partial charge in [-0.1, -0.05) is 6.08 Å². The molecule has 82 valence electrons. The Labute approximate surface area is 88.6 Å². The van der Waals surface area contributed by atoms with Gasteiger partial charge < -0.3 is 10.0 Å². The summed E-state index contributed by atoms with van der Waals surface area (Å²) < 4.78 is 0. The number of nitrogens with zero attached hydrogens (tertiary/aromatic N) is 1. The second-order valence-corrected chi connectivity index (χ2v) is 4.52. The van der Waals surface area contributed by atoms with E-state index >= 15 is 0 Å². The van der Waals surface area contributed by atoms with Gasteiger partial charge in [0.1, 0.15) is 0 Å². The standard InChI is InChI=1S/C11H15NO3/c1-8(13)12-4-2-11(3-5-12)6-9(7-11)10(14)15/h6H,2-5,7H2,1H3,(H,14,15).